The van der Waals surface area contributed by atoms with E-state index >= 15 is 0 Å². The van der Waals surface area contributed by atoms with Crippen molar-refractivity contribution in [2.45, 2.75) is 39.9 Å². The highest BCUT2D eigenvalue weighted by Crippen LogP contribution is 2.19. The highest BCUT2D eigenvalue weighted by Gasteiger charge is 2.06. The summed E-state index contributed by atoms with van der Waals surface area (Å²) in [7, 11) is 0. The Balaban J connectivity index is 2.69. The fourth-order valence-electron chi connectivity index (χ4n) is 1.73. The van der Waals surface area contributed by atoms with Crippen LogP contribution in [-0.2, 0) is 13.2 Å². The maximum Gasteiger partial charge on any atom is 0.120 e. The SMILES string of the molecule is CCC(CC)COc1cc(CO)cc(CO)c1. The molecule has 1 rings (SSSR count). The summed E-state index contributed by atoms with van der Waals surface area (Å²) in [6.07, 6.45) is 2.20. The number of benzene rings is 1. The van der Waals surface area contributed by atoms with Gasteiger partial charge in [0.05, 0.1) is 19.8 Å². The molecule has 0 unspecified atom stereocenters. The molecule has 0 fully saturated rings. The average Bonchev–Trinajstić information content (AvgIpc) is 2.39. The van der Waals surface area contributed by atoms with E-state index < -0.39 is 0 Å². The van der Waals surface area contributed by atoms with Crippen LogP contribution in [-0.4, -0.2) is 16.8 Å². The third-order valence-electron chi connectivity index (χ3n) is 3.03. The molecule has 0 heterocycles. The number of hydrogen-bond acceptors (Lipinski definition) is 3. The summed E-state index contributed by atoms with van der Waals surface area (Å²) in [5, 5.41) is 18.2. The Morgan fingerprint density at radius 1 is 1.00 bits per heavy atom. The Morgan fingerprint density at radius 2 is 1.53 bits per heavy atom. The lowest BCUT2D eigenvalue weighted by Gasteiger charge is -2.15. The zero-order valence-corrected chi connectivity index (χ0v) is 10.6. The molecule has 0 bridgehead atoms. The third kappa shape index (κ3) is 4.36. The number of aliphatic hydroxyl groups is 2. The third-order valence-corrected chi connectivity index (χ3v) is 3.03. The number of ether oxygens (including phenoxy) is 1. The molecule has 17 heavy (non-hydrogen) atoms. The van der Waals surface area contributed by atoms with Crippen LogP contribution in [0.4, 0.5) is 0 Å². The maximum absolute atomic E-state index is 9.11. The Bertz CT molecular complexity index is 310. The highest BCUT2D eigenvalue weighted by molar-refractivity contribution is 5.33. The summed E-state index contributed by atoms with van der Waals surface area (Å²) in [5.41, 5.74) is 1.55. The minimum atomic E-state index is -0.0326. The minimum absolute atomic E-state index is 0.0326. The van der Waals surface area contributed by atoms with E-state index in [9.17, 15) is 0 Å². The molecule has 0 saturated carbocycles. The van der Waals surface area contributed by atoms with Gasteiger partial charge in [0.1, 0.15) is 5.75 Å². The first-order chi connectivity index (χ1) is 8.23. The van der Waals surface area contributed by atoms with Gasteiger partial charge in [-0.05, 0) is 29.2 Å². The van der Waals surface area contributed by atoms with Crippen LogP contribution >= 0.6 is 0 Å². The Morgan fingerprint density at radius 3 is 1.94 bits per heavy atom. The van der Waals surface area contributed by atoms with E-state index in [0.717, 1.165) is 29.7 Å². The van der Waals surface area contributed by atoms with Crippen molar-refractivity contribution in [1.29, 1.82) is 0 Å². The number of rotatable bonds is 7. The van der Waals surface area contributed by atoms with Gasteiger partial charge in [-0.2, -0.15) is 0 Å². The van der Waals surface area contributed by atoms with Crippen LogP contribution in [0.1, 0.15) is 37.8 Å². The molecule has 0 aromatic heterocycles. The van der Waals surface area contributed by atoms with E-state index in [-0.39, 0.29) is 13.2 Å². The molecule has 0 atom stereocenters. The molecule has 0 radical (unpaired) electrons. The standard InChI is InChI=1S/C14H22O3/c1-3-11(4-2)10-17-14-6-12(8-15)5-13(7-14)9-16/h5-7,11,15-16H,3-4,8-10H2,1-2H3. The molecule has 0 spiro atoms. The fraction of sp³-hybridized carbons (Fsp3) is 0.571. The van der Waals surface area contributed by atoms with Crippen molar-refractivity contribution in [3.05, 3.63) is 29.3 Å². The lowest BCUT2D eigenvalue weighted by atomic mass is 10.1. The second-order valence-corrected chi connectivity index (χ2v) is 4.29. The molecule has 0 aliphatic rings. The first-order valence-corrected chi connectivity index (χ1v) is 6.20. The van der Waals surface area contributed by atoms with Gasteiger partial charge in [-0.25, -0.2) is 0 Å². The van der Waals surface area contributed by atoms with E-state index in [1.54, 1.807) is 6.07 Å². The van der Waals surface area contributed by atoms with Gasteiger partial charge in [0.2, 0.25) is 0 Å². The molecule has 96 valence electrons. The van der Waals surface area contributed by atoms with Gasteiger partial charge < -0.3 is 14.9 Å². The molecular formula is C14H22O3. The zero-order valence-electron chi connectivity index (χ0n) is 10.6. The molecule has 0 amide bonds. The quantitative estimate of drug-likeness (QED) is 0.767. The number of hydrogen-bond donors (Lipinski definition) is 2. The lowest BCUT2D eigenvalue weighted by Crippen LogP contribution is -2.10. The van der Waals surface area contributed by atoms with Crippen LogP contribution in [0.15, 0.2) is 18.2 Å². The van der Waals surface area contributed by atoms with Crippen molar-refractivity contribution in [3.63, 3.8) is 0 Å². The van der Waals surface area contributed by atoms with Crippen molar-refractivity contribution < 1.29 is 14.9 Å². The van der Waals surface area contributed by atoms with E-state index in [1.165, 1.54) is 0 Å². The molecule has 0 aliphatic heterocycles. The summed E-state index contributed by atoms with van der Waals surface area (Å²) in [5.74, 6) is 1.29. The Hall–Kier alpha value is -1.06. The average molecular weight is 238 g/mol. The van der Waals surface area contributed by atoms with Crippen molar-refractivity contribution in [2.24, 2.45) is 5.92 Å². The van der Waals surface area contributed by atoms with Gasteiger partial charge in [0, 0.05) is 0 Å². The summed E-state index contributed by atoms with van der Waals surface area (Å²) in [6, 6.07) is 5.42. The van der Waals surface area contributed by atoms with Crippen molar-refractivity contribution >= 4 is 0 Å². The van der Waals surface area contributed by atoms with Crippen LogP contribution in [0.2, 0.25) is 0 Å². The monoisotopic (exact) mass is 238 g/mol. The molecule has 2 N–H and O–H groups in total. The lowest BCUT2D eigenvalue weighted by molar-refractivity contribution is 0.237. The van der Waals surface area contributed by atoms with Crippen LogP contribution < -0.4 is 4.74 Å². The second kappa shape index (κ2) is 7.30. The van der Waals surface area contributed by atoms with Gasteiger partial charge in [0.25, 0.3) is 0 Å². The molecule has 0 saturated heterocycles. The molecular weight excluding hydrogens is 216 g/mol. The van der Waals surface area contributed by atoms with Crippen molar-refractivity contribution in [3.8, 4) is 5.75 Å². The van der Waals surface area contributed by atoms with Crippen molar-refractivity contribution in [1.82, 2.24) is 0 Å². The Labute approximate surface area is 103 Å². The van der Waals surface area contributed by atoms with Gasteiger partial charge in [-0.15, -0.1) is 0 Å². The smallest absolute Gasteiger partial charge is 0.120 e. The summed E-state index contributed by atoms with van der Waals surface area (Å²) < 4.78 is 5.71. The molecule has 1 aromatic rings. The predicted molar refractivity (Wildman–Crippen MR) is 67.9 cm³/mol. The Kier molecular flexibility index (Phi) is 6.01. The summed E-state index contributed by atoms with van der Waals surface area (Å²) in [4.78, 5) is 0. The van der Waals surface area contributed by atoms with Gasteiger partial charge >= 0.3 is 0 Å². The first kappa shape index (κ1) is 14.0. The summed E-state index contributed by atoms with van der Waals surface area (Å²) in [6.45, 7) is 4.93. The topological polar surface area (TPSA) is 49.7 Å². The van der Waals surface area contributed by atoms with Crippen LogP contribution in [0.5, 0.6) is 5.75 Å². The second-order valence-electron chi connectivity index (χ2n) is 4.29. The van der Waals surface area contributed by atoms with Crippen LogP contribution in [0, 0.1) is 5.92 Å². The number of aliphatic hydroxyl groups excluding tert-OH is 2. The van der Waals surface area contributed by atoms with E-state index in [4.69, 9.17) is 14.9 Å². The molecule has 3 nitrogen and oxygen atoms in total. The van der Waals surface area contributed by atoms with Gasteiger partial charge in [-0.3, -0.25) is 0 Å². The van der Waals surface area contributed by atoms with Gasteiger partial charge in [0.15, 0.2) is 0 Å². The molecule has 3 heteroatoms. The van der Waals surface area contributed by atoms with E-state index in [1.807, 2.05) is 12.1 Å². The zero-order chi connectivity index (χ0) is 12.7. The van der Waals surface area contributed by atoms with Crippen LogP contribution in [0.3, 0.4) is 0 Å². The van der Waals surface area contributed by atoms with Crippen molar-refractivity contribution in [2.75, 3.05) is 6.61 Å². The first-order valence-electron chi connectivity index (χ1n) is 6.20. The predicted octanol–water partition coefficient (Wildman–Crippen LogP) is 2.49. The fourth-order valence-corrected chi connectivity index (χ4v) is 1.73. The molecule has 0 aliphatic carbocycles. The normalized spacial score (nSPS) is 10.9. The highest BCUT2D eigenvalue weighted by atomic mass is 16.5. The summed E-state index contributed by atoms with van der Waals surface area (Å²) >= 11 is 0. The molecule has 1 aromatic carbocycles. The van der Waals surface area contributed by atoms with Gasteiger partial charge in [-0.1, -0.05) is 32.8 Å². The van der Waals surface area contributed by atoms with E-state index in [0.29, 0.717) is 12.5 Å². The van der Waals surface area contributed by atoms with Crippen LogP contribution in [0.25, 0.3) is 0 Å². The maximum atomic E-state index is 9.11. The largest absolute Gasteiger partial charge is 0.493 e. The van der Waals surface area contributed by atoms with E-state index in [2.05, 4.69) is 13.8 Å². The minimum Gasteiger partial charge on any atom is -0.493 e.